The van der Waals surface area contributed by atoms with Gasteiger partial charge in [0, 0.05) is 11.9 Å². The SMILES string of the molecule is C[C@H](Nc1ncnc2[nH]cnc12)c1cc2cccc(Cl)c2c(=O)n1-c1cccnc1. The van der Waals surface area contributed by atoms with Crippen LogP contribution in [0.4, 0.5) is 5.82 Å². The molecule has 0 aliphatic carbocycles. The van der Waals surface area contributed by atoms with Crippen molar-refractivity contribution in [2.75, 3.05) is 5.32 Å². The second kappa shape index (κ2) is 7.23. The van der Waals surface area contributed by atoms with Gasteiger partial charge in [-0.05, 0) is 36.6 Å². The van der Waals surface area contributed by atoms with Crippen LogP contribution < -0.4 is 10.9 Å². The fourth-order valence-electron chi connectivity index (χ4n) is 3.56. The Morgan fingerprint density at radius 2 is 2.07 bits per heavy atom. The van der Waals surface area contributed by atoms with Crippen LogP contribution in [0.3, 0.4) is 0 Å². The van der Waals surface area contributed by atoms with Crippen molar-refractivity contribution in [2.45, 2.75) is 13.0 Å². The maximum Gasteiger partial charge on any atom is 0.264 e. The van der Waals surface area contributed by atoms with Crippen LogP contribution in [0.15, 0.2) is 66.2 Å². The zero-order valence-corrected chi connectivity index (χ0v) is 16.6. The number of hydrogen-bond donors (Lipinski definition) is 2. The van der Waals surface area contributed by atoms with E-state index in [0.29, 0.717) is 33.1 Å². The van der Waals surface area contributed by atoms with Gasteiger partial charge in [-0.15, -0.1) is 0 Å². The van der Waals surface area contributed by atoms with Gasteiger partial charge in [0.15, 0.2) is 11.5 Å². The molecule has 1 aromatic carbocycles. The Bertz CT molecular complexity index is 1430. The van der Waals surface area contributed by atoms with Gasteiger partial charge < -0.3 is 10.3 Å². The first-order valence-corrected chi connectivity index (χ1v) is 9.66. The minimum atomic E-state index is -0.281. The summed E-state index contributed by atoms with van der Waals surface area (Å²) in [7, 11) is 0. The van der Waals surface area contributed by atoms with E-state index in [2.05, 4.69) is 30.2 Å². The van der Waals surface area contributed by atoms with Gasteiger partial charge in [0.25, 0.3) is 5.56 Å². The van der Waals surface area contributed by atoms with Crippen LogP contribution in [0.2, 0.25) is 5.02 Å². The van der Waals surface area contributed by atoms with Crippen LogP contribution >= 0.6 is 11.6 Å². The maximum absolute atomic E-state index is 13.5. The van der Waals surface area contributed by atoms with Crippen LogP contribution in [-0.2, 0) is 0 Å². The molecule has 4 heterocycles. The molecule has 0 aliphatic heterocycles. The molecule has 0 spiro atoms. The van der Waals surface area contributed by atoms with E-state index in [1.807, 2.05) is 31.2 Å². The van der Waals surface area contributed by atoms with E-state index in [9.17, 15) is 4.79 Å². The van der Waals surface area contributed by atoms with Gasteiger partial charge in [-0.3, -0.25) is 14.3 Å². The number of nitrogens with zero attached hydrogens (tertiary/aromatic N) is 5. The molecule has 5 rings (SSSR count). The number of hydrogen-bond acceptors (Lipinski definition) is 6. The molecule has 0 saturated carbocycles. The highest BCUT2D eigenvalue weighted by molar-refractivity contribution is 6.35. The predicted molar refractivity (Wildman–Crippen MR) is 116 cm³/mol. The first-order valence-electron chi connectivity index (χ1n) is 9.28. The molecule has 0 bridgehead atoms. The summed E-state index contributed by atoms with van der Waals surface area (Å²) in [5.74, 6) is 0.574. The second-order valence-electron chi connectivity index (χ2n) is 6.81. The summed E-state index contributed by atoms with van der Waals surface area (Å²) in [5.41, 5.74) is 2.45. The first-order chi connectivity index (χ1) is 14.6. The summed E-state index contributed by atoms with van der Waals surface area (Å²) in [6.45, 7) is 1.96. The van der Waals surface area contributed by atoms with Gasteiger partial charge in [-0.25, -0.2) is 15.0 Å². The van der Waals surface area contributed by atoms with Gasteiger partial charge in [0.1, 0.15) is 11.8 Å². The van der Waals surface area contributed by atoms with Crippen molar-refractivity contribution < 1.29 is 0 Å². The van der Waals surface area contributed by atoms with E-state index in [1.54, 1.807) is 35.4 Å². The molecule has 8 nitrogen and oxygen atoms in total. The molecule has 0 saturated heterocycles. The number of aromatic nitrogens is 6. The molecule has 1 atom stereocenters. The lowest BCUT2D eigenvalue weighted by atomic mass is 10.1. The normalized spacial score (nSPS) is 12.3. The zero-order valence-electron chi connectivity index (χ0n) is 15.9. The number of halogens is 1. The fourth-order valence-corrected chi connectivity index (χ4v) is 3.82. The van der Waals surface area contributed by atoms with Gasteiger partial charge >= 0.3 is 0 Å². The largest absolute Gasteiger partial charge is 0.360 e. The van der Waals surface area contributed by atoms with Crippen LogP contribution in [0.5, 0.6) is 0 Å². The highest BCUT2D eigenvalue weighted by atomic mass is 35.5. The van der Waals surface area contributed by atoms with Crippen molar-refractivity contribution in [3.8, 4) is 5.69 Å². The van der Waals surface area contributed by atoms with E-state index in [4.69, 9.17) is 11.6 Å². The molecule has 148 valence electrons. The monoisotopic (exact) mass is 417 g/mol. The molecular weight excluding hydrogens is 402 g/mol. The standard InChI is InChI=1S/C21H16ClN7O/c1-12(28-20-18-19(25-10-24-18)26-11-27-20)16-8-13-4-2-6-15(22)17(13)21(30)29(16)14-5-3-7-23-9-14/h2-12H,1H3,(H2,24,25,26,27,28)/t12-/m0/s1. The average Bonchev–Trinajstić information content (AvgIpc) is 3.24. The topological polar surface area (TPSA) is 101 Å². The Morgan fingerprint density at radius 3 is 2.90 bits per heavy atom. The molecule has 9 heteroatoms. The van der Waals surface area contributed by atoms with E-state index < -0.39 is 0 Å². The number of imidazole rings is 1. The van der Waals surface area contributed by atoms with Gasteiger partial charge in [-0.1, -0.05) is 23.7 Å². The van der Waals surface area contributed by atoms with Gasteiger partial charge in [-0.2, -0.15) is 0 Å². The lowest BCUT2D eigenvalue weighted by Crippen LogP contribution is -2.26. The average molecular weight is 418 g/mol. The van der Waals surface area contributed by atoms with Crippen molar-refractivity contribution in [3.63, 3.8) is 0 Å². The molecule has 5 aromatic rings. The minimum Gasteiger partial charge on any atom is -0.360 e. The lowest BCUT2D eigenvalue weighted by Gasteiger charge is -2.21. The van der Waals surface area contributed by atoms with E-state index >= 15 is 0 Å². The third-order valence-electron chi connectivity index (χ3n) is 4.94. The molecule has 0 fully saturated rings. The number of H-pyrrole nitrogens is 1. The summed E-state index contributed by atoms with van der Waals surface area (Å²) in [6.07, 6.45) is 6.35. The van der Waals surface area contributed by atoms with Crippen molar-refractivity contribution in [2.24, 2.45) is 0 Å². The summed E-state index contributed by atoms with van der Waals surface area (Å²) in [4.78, 5) is 33.4. The highest BCUT2D eigenvalue weighted by Crippen LogP contribution is 2.27. The Kier molecular flexibility index (Phi) is 4.40. The number of anilines is 1. The van der Waals surface area contributed by atoms with E-state index in [1.165, 1.54) is 6.33 Å². The van der Waals surface area contributed by atoms with Gasteiger partial charge in [0.2, 0.25) is 0 Å². The third-order valence-corrected chi connectivity index (χ3v) is 5.26. The maximum atomic E-state index is 13.5. The van der Waals surface area contributed by atoms with Crippen LogP contribution in [-0.4, -0.2) is 29.5 Å². The molecule has 30 heavy (non-hydrogen) atoms. The third kappa shape index (κ3) is 2.98. The molecule has 2 N–H and O–H groups in total. The fraction of sp³-hybridized carbons (Fsp3) is 0.0952. The number of rotatable bonds is 4. The van der Waals surface area contributed by atoms with Gasteiger partial charge in [0.05, 0.1) is 34.7 Å². The predicted octanol–water partition coefficient (Wildman–Crippen LogP) is 3.88. The lowest BCUT2D eigenvalue weighted by molar-refractivity contribution is 0.772. The van der Waals surface area contributed by atoms with Crippen LogP contribution in [0, 0.1) is 0 Å². The Morgan fingerprint density at radius 1 is 1.17 bits per heavy atom. The first kappa shape index (κ1) is 18.3. The van der Waals surface area contributed by atoms with Crippen molar-refractivity contribution in [3.05, 3.63) is 82.5 Å². The smallest absolute Gasteiger partial charge is 0.264 e. The Labute approximate surface area is 175 Å². The number of fused-ring (bicyclic) bond motifs is 2. The molecule has 4 aromatic heterocycles. The summed E-state index contributed by atoms with van der Waals surface area (Å²) < 4.78 is 1.63. The summed E-state index contributed by atoms with van der Waals surface area (Å²) in [6, 6.07) is 10.7. The number of aromatic amines is 1. The van der Waals surface area contributed by atoms with Crippen molar-refractivity contribution in [1.82, 2.24) is 29.5 Å². The van der Waals surface area contributed by atoms with Crippen molar-refractivity contribution in [1.29, 1.82) is 0 Å². The summed E-state index contributed by atoms with van der Waals surface area (Å²) >= 11 is 6.36. The highest BCUT2D eigenvalue weighted by Gasteiger charge is 2.19. The number of nitrogens with one attached hydrogen (secondary N) is 2. The van der Waals surface area contributed by atoms with E-state index in [0.717, 1.165) is 11.1 Å². The van der Waals surface area contributed by atoms with E-state index in [-0.39, 0.29) is 11.6 Å². The molecule has 0 aliphatic rings. The quantitative estimate of drug-likeness (QED) is 0.460. The molecular formula is C21H16ClN7O. The zero-order chi connectivity index (χ0) is 20.7. The Hall–Kier alpha value is -3.78. The summed E-state index contributed by atoms with van der Waals surface area (Å²) in [5, 5.41) is 5.01. The second-order valence-corrected chi connectivity index (χ2v) is 7.22. The van der Waals surface area contributed by atoms with Crippen molar-refractivity contribution >= 4 is 39.4 Å². The van der Waals surface area contributed by atoms with Crippen LogP contribution in [0.1, 0.15) is 18.7 Å². The number of pyridine rings is 2. The van der Waals surface area contributed by atoms with Crippen LogP contribution in [0.25, 0.3) is 27.6 Å². The molecule has 0 unspecified atom stereocenters. The molecule has 0 radical (unpaired) electrons. The number of benzene rings is 1. The minimum absolute atomic E-state index is 0.206. The molecule has 0 amide bonds. The Balaban J connectivity index is 1.71.